The molecule has 0 amide bonds. The van der Waals surface area contributed by atoms with Crippen molar-refractivity contribution in [2.24, 2.45) is 0 Å². The Morgan fingerprint density at radius 2 is 1.15 bits per heavy atom. The molecule has 0 bridgehead atoms. The highest BCUT2D eigenvalue weighted by Gasteiger charge is 2.45. The van der Waals surface area contributed by atoms with Crippen LogP contribution in [0.3, 0.4) is 0 Å². The number of likely N-dealkylation sites (N-methyl/N-ethyl adjacent to an activating group) is 1. The molecule has 0 aliphatic carbocycles. The Balaban J connectivity index is 1.80. The van der Waals surface area contributed by atoms with Gasteiger partial charge in [-0.25, -0.2) is 0 Å². The number of carbonyl (C=O) groups is 1. The molecule has 26 heavy (non-hydrogen) atoms. The number of quaternary nitrogens is 1. The van der Waals surface area contributed by atoms with Crippen LogP contribution in [-0.2, 0) is 4.79 Å². The first-order valence-corrected chi connectivity index (χ1v) is 9.26. The SMILES string of the molecule is C[NH+]1[C@H](c2ccccc2)CC(=O)[C@H](c2ccccc2)[C@@H]1c1ccccc1. The number of likely N-dealkylation sites (tertiary alicyclic amines) is 1. The first-order valence-electron chi connectivity index (χ1n) is 9.26. The van der Waals surface area contributed by atoms with Crippen molar-refractivity contribution in [3.05, 3.63) is 108 Å². The van der Waals surface area contributed by atoms with Crippen LogP contribution >= 0.6 is 0 Å². The first-order chi connectivity index (χ1) is 12.8. The molecule has 3 aromatic carbocycles. The summed E-state index contributed by atoms with van der Waals surface area (Å²) in [5, 5.41) is 0. The number of hydrogen-bond acceptors (Lipinski definition) is 1. The molecule has 1 unspecified atom stereocenters. The normalized spacial score (nSPS) is 25.8. The second kappa shape index (κ2) is 7.27. The van der Waals surface area contributed by atoms with Gasteiger partial charge in [0.1, 0.15) is 12.1 Å². The van der Waals surface area contributed by atoms with Gasteiger partial charge in [0, 0.05) is 11.1 Å². The van der Waals surface area contributed by atoms with Gasteiger partial charge in [0.15, 0.2) is 5.78 Å². The molecule has 4 rings (SSSR count). The van der Waals surface area contributed by atoms with Crippen LogP contribution in [0, 0.1) is 0 Å². The predicted octanol–water partition coefficient (Wildman–Crippen LogP) is 3.74. The standard InChI is InChI=1S/C24H23NO/c1-25-21(18-11-5-2-6-12-18)17-22(26)23(19-13-7-3-8-14-19)24(25)20-15-9-4-10-16-20/h2-16,21,23-24H,17H2,1H3/p+1/t21-,23-,24-/m0/s1. The number of nitrogens with one attached hydrogen (secondary N) is 1. The molecule has 0 saturated carbocycles. The van der Waals surface area contributed by atoms with Gasteiger partial charge in [0.2, 0.25) is 0 Å². The Morgan fingerprint density at radius 1 is 0.692 bits per heavy atom. The summed E-state index contributed by atoms with van der Waals surface area (Å²) in [7, 11) is 2.23. The van der Waals surface area contributed by atoms with Crippen molar-refractivity contribution in [3.63, 3.8) is 0 Å². The first kappa shape index (κ1) is 16.7. The molecule has 1 aliphatic heterocycles. The van der Waals surface area contributed by atoms with Gasteiger partial charge in [0.25, 0.3) is 0 Å². The highest BCUT2D eigenvalue weighted by molar-refractivity contribution is 5.87. The van der Waals surface area contributed by atoms with Crippen molar-refractivity contribution < 1.29 is 9.69 Å². The van der Waals surface area contributed by atoms with Crippen molar-refractivity contribution in [2.75, 3.05) is 7.05 Å². The maximum Gasteiger partial charge on any atom is 0.153 e. The van der Waals surface area contributed by atoms with Crippen molar-refractivity contribution in [1.29, 1.82) is 0 Å². The van der Waals surface area contributed by atoms with Gasteiger partial charge < -0.3 is 4.90 Å². The Labute approximate surface area is 155 Å². The van der Waals surface area contributed by atoms with E-state index < -0.39 is 0 Å². The summed E-state index contributed by atoms with van der Waals surface area (Å²) in [5.41, 5.74) is 3.59. The maximum absolute atomic E-state index is 13.3. The van der Waals surface area contributed by atoms with Crippen molar-refractivity contribution >= 4 is 5.78 Å². The van der Waals surface area contributed by atoms with Crippen LogP contribution in [-0.4, -0.2) is 12.8 Å². The van der Waals surface area contributed by atoms with E-state index in [9.17, 15) is 4.79 Å². The van der Waals surface area contributed by atoms with Crippen molar-refractivity contribution in [3.8, 4) is 0 Å². The number of carbonyl (C=O) groups excluding carboxylic acids is 1. The van der Waals surface area contributed by atoms with Gasteiger partial charge in [-0.05, 0) is 5.56 Å². The Bertz CT molecular complexity index is 860. The highest BCUT2D eigenvalue weighted by Crippen LogP contribution is 2.36. The van der Waals surface area contributed by atoms with Gasteiger partial charge in [-0.1, -0.05) is 91.0 Å². The number of hydrogen-bond donors (Lipinski definition) is 1. The number of piperidine rings is 1. The fraction of sp³-hybridized carbons (Fsp3) is 0.208. The topological polar surface area (TPSA) is 21.5 Å². The molecule has 3 aromatic rings. The molecular formula is C24H24NO+. The number of ketones is 1. The number of rotatable bonds is 3. The molecular weight excluding hydrogens is 318 g/mol. The lowest BCUT2D eigenvalue weighted by molar-refractivity contribution is -0.947. The highest BCUT2D eigenvalue weighted by atomic mass is 16.1. The summed E-state index contributed by atoms with van der Waals surface area (Å²) in [4.78, 5) is 14.7. The molecule has 1 fully saturated rings. The quantitative estimate of drug-likeness (QED) is 0.769. The van der Waals surface area contributed by atoms with Crippen LogP contribution in [0.4, 0.5) is 0 Å². The van der Waals surface area contributed by atoms with Crippen LogP contribution in [0.25, 0.3) is 0 Å². The van der Waals surface area contributed by atoms with Gasteiger partial charge in [-0.15, -0.1) is 0 Å². The fourth-order valence-electron chi connectivity index (χ4n) is 4.38. The largest absolute Gasteiger partial charge is 0.324 e. The Morgan fingerprint density at radius 3 is 1.69 bits per heavy atom. The minimum atomic E-state index is -0.0986. The molecule has 2 nitrogen and oxygen atoms in total. The molecule has 2 heteroatoms. The zero-order chi connectivity index (χ0) is 17.9. The third-order valence-corrected chi connectivity index (χ3v) is 5.65. The van der Waals surface area contributed by atoms with E-state index >= 15 is 0 Å². The summed E-state index contributed by atoms with van der Waals surface area (Å²) in [6.07, 6.45) is 0.582. The summed E-state index contributed by atoms with van der Waals surface area (Å²) in [5.74, 6) is 0.239. The number of benzene rings is 3. The molecule has 4 atom stereocenters. The third-order valence-electron chi connectivity index (χ3n) is 5.65. The minimum Gasteiger partial charge on any atom is -0.324 e. The average Bonchev–Trinajstić information content (AvgIpc) is 2.71. The minimum absolute atomic E-state index is 0.0986. The lowest BCUT2D eigenvalue weighted by Crippen LogP contribution is -3.11. The molecule has 0 radical (unpaired) electrons. The van der Waals surface area contributed by atoms with Crippen LogP contribution in [0.2, 0.25) is 0 Å². The van der Waals surface area contributed by atoms with Crippen molar-refractivity contribution in [2.45, 2.75) is 24.4 Å². The molecule has 0 aromatic heterocycles. The van der Waals surface area contributed by atoms with Gasteiger partial charge in [-0.2, -0.15) is 0 Å². The lowest BCUT2D eigenvalue weighted by atomic mass is 9.76. The lowest BCUT2D eigenvalue weighted by Gasteiger charge is -2.41. The molecule has 1 heterocycles. The fourth-order valence-corrected chi connectivity index (χ4v) is 4.38. The van der Waals surface area contributed by atoms with E-state index in [1.54, 1.807) is 0 Å². The van der Waals surface area contributed by atoms with Crippen LogP contribution in [0.15, 0.2) is 91.0 Å². The second-order valence-electron chi connectivity index (χ2n) is 7.15. The van der Waals surface area contributed by atoms with Gasteiger partial charge in [0.05, 0.1) is 19.4 Å². The monoisotopic (exact) mass is 342 g/mol. The molecule has 1 aliphatic rings. The molecule has 130 valence electrons. The summed E-state index contributed by atoms with van der Waals surface area (Å²) >= 11 is 0. The predicted molar refractivity (Wildman–Crippen MR) is 104 cm³/mol. The van der Waals surface area contributed by atoms with E-state index in [4.69, 9.17) is 0 Å². The van der Waals surface area contributed by atoms with E-state index in [0.29, 0.717) is 12.2 Å². The maximum atomic E-state index is 13.3. The van der Waals surface area contributed by atoms with E-state index in [1.807, 2.05) is 30.3 Å². The summed E-state index contributed by atoms with van der Waals surface area (Å²) < 4.78 is 0. The van der Waals surface area contributed by atoms with Gasteiger partial charge in [-0.3, -0.25) is 4.79 Å². The molecule has 0 spiro atoms. The smallest absolute Gasteiger partial charge is 0.153 e. The van der Waals surface area contributed by atoms with Crippen LogP contribution in [0.1, 0.15) is 41.1 Å². The Kier molecular flexibility index (Phi) is 4.68. The summed E-state index contributed by atoms with van der Waals surface area (Å²) in [6.45, 7) is 0. The van der Waals surface area contributed by atoms with E-state index in [1.165, 1.54) is 16.0 Å². The van der Waals surface area contributed by atoms with Crippen LogP contribution < -0.4 is 4.90 Å². The average molecular weight is 342 g/mol. The summed E-state index contributed by atoms with van der Waals surface area (Å²) in [6, 6.07) is 31.5. The van der Waals surface area contributed by atoms with E-state index in [-0.39, 0.29) is 18.0 Å². The van der Waals surface area contributed by atoms with Crippen LogP contribution in [0.5, 0.6) is 0 Å². The van der Waals surface area contributed by atoms with E-state index in [2.05, 4.69) is 67.7 Å². The number of Topliss-reactive ketones (excluding diaryl/α,β-unsaturated/α-hetero) is 1. The van der Waals surface area contributed by atoms with Gasteiger partial charge >= 0.3 is 0 Å². The van der Waals surface area contributed by atoms with Crippen molar-refractivity contribution in [1.82, 2.24) is 0 Å². The third kappa shape index (κ3) is 3.09. The van der Waals surface area contributed by atoms with E-state index in [0.717, 1.165) is 5.56 Å². The second-order valence-corrected chi connectivity index (χ2v) is 7.15. The molecule has 1 N–H and O–H groups in total. The zero-order valence-electron chi connectivity index (χ0n) is 15.0. The Hall–Kier alpha value is -2.71. The zero-order valence-corrected chi connectivity index (χ0v) is 15.0. The molecule has 1 saturated heterocycles.